The largest absolute Gasteiger partial charge is 0.347 e. The van der Waals surface area contributed by atoms with E-state index >= 15 is 0 Å². The summed E-state index contributed by atoms with van der Waals surface area (Å²) < 4.78 is 32.3. The second-order valence-corrected chi connectivity index (χ2v) is 9.55. The molecule has 162 valence electrons. The summed E-state index contributed by atoms with van der Waals surface area (Å²) in [6.07, 6.45) is 1.26. The fourth-order valence-electron chi connectivity index (χ4n) is 3.57. The molecule has 0 aliphatic carbocycles. The molecule has 0 radical (unpaired) electrons. The Labute approximate surface area is 181 Å². The van der Waals surface area contributed by atoms with Crippen molar-refractivity contribution in [1.82, 2.24) is 19.8 Å². The summed E-state index contributed by atoms with van der Waals surface area (Å²) in [5.41, 5.74) is 1.97. The lowest BCUT2D eigenvalue weighted by atomic mass is 9.99. The van der Waals surface area contributed by atoms with Gasteiger partial charge in [0.1, 0.15) is 0 Å². The van der Waals surface area contributed by atoms with Gasteiger partial charge in [0.15, 0.2) is 0 Å². The third kappa shape index (κ3) is 4.83. The summed E-state index contributed by atoms with van der Waals surface area (Å²) in [6.45, 7) is 2.66. The van der Waals surface area contributed by atoms with E-state index in [1.807, 2.05) is 31.2 Å². The maximum absolute atomic E-state index is 12.9. The number of aromatic nitrogens is 2. The Bertz CT molecular complexity index is 1140. The van der Waals surface area contributed by atoms with Crippen LogP contribution in [0.4, 0.5) is 0 Å². The van der Waals surface area contributed by atoms with Gasteiger partial charge in [0.2, 0.25) is 27.6 Å². The Balaban J connectivity index is 1.36. The molecule has 1 aliphatic rings. The van der Waals surface area contributed by atoms with Crippen molar-refractivity contribution >= 4 is 15.9 Å². The highest BCUT2D eigenvalue weighted by molar-refractivity contribution is 7.89. The molecule has 1 aromatic heterocycles. The molecule has 0 unspecified atom stereocenters. The van der Waals surface area contributed by atoms with E-state index in [2.05, 4.69) is 15.5 Å². The summed E-state index contributed by atoms with van der Waals surface area (Å²) in [7, 11) is -3.61. The SMILES string of the molecule is Cc1ccc(-c2noc(CNC(=O)[C@@H]3CCCN(S(=O)(=O)c4ccccc4)C3)n2)cc1. The van der Waals surface area contributed by atoms with Gasteiger partial charge in [0, 0.05) is 18.7 Å². The Morgan fingerprint density at radius 2 is 1.90 bits per heavy atom. The van der Waals surface area contributed by atoms with E-state index in [1.165, 1.54) is 4.31 Å². The lowest BCUT2D eigenvalue weighted by molar-refractivity contribution is -0.126. The summed E-state index contributed by atoms with van der Waals surface area (Å²) in [5.74, 6) is 0.116. The number of hydrogen-bond donors (Lipinski definition) is 1. The third-order valence-corrected chi connectivity index (χ3v) is 7.21. The topological polar surface area (TPSA) is 105 Å². The summed E-state index contributed by atoms with van der Waals surface area (Å²) >= 11 is 0. The minimum Gasteiger partial charge on any atom is -0.347 e. The number of carbonyl (C=O) groups excluding carboxylic acids is 1. The van der Waals surface area contributed by atoms with E-state index in [0.29, 0.717) is 31.1 Å². The average molecular weight is 441 g/mol. The van der Waals surface area contributed by atoms with Crippen molar-refractivity contribution < 1.29 is 17.7 Å². The van der Waals surface area contributed by atoms with Gasteiger partial charge in [-0.2, -0.15) is 9.29 Å². The second kappa shape index (κ2) is 8.99. The van der Waals surface area contributed by atoms with Crippen LogP contribution in [0.25, 0.3) is 11.4 Å². The standard InChI is InChI=1S/C22H24N4O4S/c1-16-9-11-17(12-10-16)21-24-20(30-25-21)14-23-22(27)18-6-5-13-26(15-18)31(28,29)19-7-3-2-4-8-19/h2-4,7-12,18H,5-6,13-15H2,1H3,(H,23,27)/t18-/m1/s1. The molecule has 1 saturated heterocycles. The van der Waals surface area contributed by atoms with E-state index in [1.54, 1.807) is 30.3 Å². The zero-order valence-corrected chi connectivity index (χ0v) is 18.0. The number of amides is 1. The highest BCUT2D eigenvalue weighted by atomic mass is 32.2. The van der Waals surface area contributed by atoms with Crippen LogP contribution >= 0.6 is 0 Å². The van der Waals surface area contributed by atoms with Gasteiger partial charge in [-0.1, -0.05) is 53.2 Å². The van der Waals surface area contributed by atoms with E-state index < -0.39 is 15.9 Å². The fourth-order valence-corrected chi connectivity index (χ4v) is 5.11. The lowest BCUT2D eigenvalue weighted by Crippen LogP contribution is -2.45. The normalized spacial score (nSPS) is 17.4. The summed E-state index contributed by atoms with van der Waals surface area (Å²) in [5, 5.41) is 6.76. The van der Waals surface area contributed by atoms with Crippen molar-refractivity contribution in [2.45, 2.75) is 31.2 Å². The highest BCUT2D eigenvalue weighted by Gasteiger charge is 2.33. The molecule has 1 amide bonds. The molecule has 1 aliphatic heterocycles. The molecule has 0 bridgehead atoms. The zero-order chi connectivity index (χ0) is 21.8. The first kappa shape index (κ1) is 21.2. The molecule has 9 heteroatoms. The number of rotatable bonds is 6. The second-order valence-electron chi connectivity index (χ2n) is 7.61. The monoisotopic (exact) mass is 440 g/mol. The van der Waals surface area contributed by atoms with Gasteiger partial charge in [-0.05, 0) is 31.9 Å². The number of nitrogens with one attached hydrogen (secondary N) is 1. The average Bonchev–Trinajstić information content (AvgIpc) is 3.27. The molecule has 1 N–H and O–H groups in total. The van der Waals surface area contributed by atoms with Gasteiger partial charge in [0.05, 0.1) is 17.4 Å². The highest BCUT2D eigenvalue weighted by Crippen LogP contribution is 2.24. The Hall–Kier alpha value is -3.04. The van der Waals surface area contributed by atoms with Crippen molar-refractivity contribution in [2.75, 3.05) is 13.1 Å². The van der Waals surface area contributed by atoms with Crippen LogP contribution in [0.3, 0.4) is 0 Å². The molecule has 0 spiro atoms. The molecular weight excluding hydrogens is 416 g/mol. The lowest BCUT2D eigenvalue weighted by Gasteiger charge is -2.31. The number of carbonyl (C=O) groups is 1. The maximum atomic E-state index is 12.9. The first-order valence-corrected chi connectivity index (χ1v) is 11.6. The van der Waals surface area contributed by atoms with Crippen LogP contribution in [0.2, 0.25) is 0 Å². The Morgan fingerprint density at radius 1 is 1.16 bits per heavy atom. The van der Waals surface area contributed by atoms with Crippen molar-refractivity contribution in [3.05, 3.63) is 66.1 Å². The molecule has 0 saturated carbocycles. The summed E-state index contributed by atoms with van der Waals surface area (Å²) in [6, 6.07) is 16.0. The van der Waals surface area contributed by atoms with Crippen LogP contribution < -0.4 is 5.32 Å². The zero-order valence-electron chi connectivity index (χ0n) is 17.2. The van der Waals surface area contributed by atoms with Crippen LogP contribution in [0, 0.1) is 12.8 Å². The van der Waals surface area contributed by atoms with Crippen LogP contribution in [0.1, 0.15) is 24.3 Å². The van der Waals surface area contributed by atoms with E-state index in [-0.39, 0.29) is 23.9 Å². The molecule has 2 heterocycles. The van der Waals surface area contributed by atoms with Gasteiger partial charge >= 0.3 is 0 Å². The molecule has 1 fully saturated rings. The van der Waals surface area contributed by atoms with Gasteiger partial charge in [-0.15, -0.1) is 0 Å². The molecule has 31 heavy (non-hydrogen) atoms. The van der Waals surface area contributed by atoms with Crippen molar-refractivity contribution in [3.8, 4) is 11.4 Å². The molecular formula is C22H24N4O4S. The number of sulfonamides is 1. The maximum Gasteiger partial charge on any atom is 0.246 e. The first-order valence-electron chi connectivity index (χ1n) is 10.2. The predicted molar refractivity (Wildman–Crippen MR) is 114 cm³/mol. The van der Waals surface area contributed by atoms with Gasteiger partial charge in [-0.25, -0.2) is 8.42 Å². The molecule has 3 aromatic rings. The molecule has 4 rings (SSSR count). The van der Waals surface area contributed by atoms with Gasteiger partial charge in [0.25, 0.3) is 0 Å². The van der Waals surface area contributed by atoms with Crippen molar-refractivity contribution in [1.29, 1.82) is 0 Å². The molecule has 8 nitrogen and oxygen atoms in total. The van der Waals surface area contributed by atoms with E-state index in [0.717, 1.165) is 11.1 Å². The number of nitrogens with zero attached hydrogens (tertiary/aromatic N) is 3. The molecule has 1 atom stereocenters. The number of hydrogen-bond acceptors (Lipinski definition) is 6. The van der Waals surface area contributed by atoms with Gasteiger partial charge in [-0.3, -0.25) is 4.79 Å². The smallest absolute Gasteiger partial charge is 0.246 e. The van der Waals surface area contributed by atoms with Gasteiger partial charge < -0.3 is 9.84 Å². The van der Waals surface area contributed by atoms with Crippen LogP contribution in [0.5, 0.6) is 0 Å². The Morgan fingerprint density at radius 3 is 2.65 bits per heavy atom. The predicted octanol–water partition coefficient (Wildman–Crippen LogP) is 2.76. The minimum atomic E-state index is -3.61. The van der Waals surface area contributed by atoms with Crippen molar-refractivity contribution in [2.24, 2.45) is 5.92 Å². The third-order valence-electron chi connectivity index (χ3n) is 5.33. The quantitative estimate of drug-likeness (QED) is 0.632. The summed E-state index contributed by atoms with van der Waals surface area (Å²) in [4.78, 5) is 17.2. The number of aryl methyl sites for hydroxylation is 1. The fraction of sp³-hybridized carbons (Fsp3) is 0.318. The first-order chi connectivity index (χ1) is 14.9. The van der Waals surface area contributed by atoms with Crippen LogP contribution in [0.15, 0.2) is 64.0 Å². The van der Waals surface area contributed by atoms with Crippen LogP contribution in [-0.2, 0) is 21.4 Å². The minimum absolute atomic E-state index is 0.0969. The van der Waals surface area contributed by atoms with E-state index in [4.69, 9.17) is 4.52 Å². The Kier molecular flexibility index (Phi) is 6.15. The number of benzene rings is 2. The van der Waals surface area contributed by atoms with E-state index in [9.17, 15) is 13.2 Å². The van der Waals surface area contributed by atoms with Crippen LogP contribution in [-0.4, -0.2) is 41.9 Å². The molecule has 2 aromatic carbocycles. The van der Waals surface area contributed by atoms with Crippen molar-refractivity contribution in [3.63, 3.8) is 0 Å². The number of piperidine rings is 1.